The Morgan fingerprint density at radius 3 is 1.90 bits per heavy atom. The van der Waals surface area contributed by atoms with Gasteiger partial charge in [-0.15, -0.1) is 0 Å². The molecule has 2 aromatic rings. The molecular formula is C12H11N3O4S. The standard InChI is InChI=1S/C12H10N3.H2O4S/c13-15-12-8-6-11(7-9-12)14-10-4-2-1-3-5-10;1-5(2,3)4/h1-9,14H;(H2,1,2,3,4)/q+1;/p-1. The Morgan fingerprint density at radius 2 is 1.45 bits per heavy atom. The van der Waals surface area contributed by atoms with Crippen LogP contribution in [-0.2, 0) is 10.4 Å². The van der Waals surface area contributed by atoms with E-state index in [0.717, 1.165) is 11.4 Å². The van der Waals surface area contributed by atoms with Gasteiger partial charge in [0, 0.05) is 23.5 Å². The zero-order valence-corrected chi connectivity index (χ0v) is 11.0. The second kappa shape index (κ2) is 7.20. The van der Waals surface area contributed by atoms with Crippen LogP contribution in [0.4, 0.5) is 17.1 Å². The highest BCUT2D eigenvalue weighted by molar-refractivity contribution is 7.79. The van der Waals surface area contributed by atoms with Crippen molar-refractivity contribution in [1.29, 1.82) is 5.39 Å². The number of para-hydroxylation sites is 1. The monoisotopic (exact) mass is 293 g/mol. The topological polar surface area (TPSA) is 118 Å². The lowest BCUT2D eigenvalue weighted by atomic mass is 10.2. The van der Waals surface area contributed by atoms with Gasteiger partial charge in [-0.2, -0.15) is 0 Å². The van der Waals surface area contributed by atoms with Crippen LogP contribution in [-0.4, -0.2) is 17.5 Å². The van der Waals surface area contributed by atoms with Gasteiger partial charge in [-0.05, 0) is 24.3 Å². The van der Waals surface area contributed by atoms with Crippen LogP contribution in [0.2, 0.25) is 0 Å². The van der Waals surface area contributed by atoms with E-state index in [1.165, 1.54) is 0 Å². The molecule has 0 aromatic heterocycles. The first kappa shape index (κ1) is 15.6. The number of hydrogen-bond donors (Lipinski definition) is 2. The summed E-state index contributed by atoms with van der Waals surface area (Å²) in [5, 5.41) is 11.8. The minimum atomic E-state index is -4.92. The van der Waals surface area contributed by atoms with Gasteiger partial charge in [0.25, 0.3) is 0 Å². The van der Waals surface area contributed by atoms with Crippen LogP contribution in [0.25, 0.3) is 4.98 Å². The van der Waals surface area contributed by atoms with E-state index in [1.807, 2.05) is 42.5 Å². The second-order valence-corrected chi connectivity index (χ2v) is 4.42. The van der Waals surface area contributed by atoms with Crippen molar-refractivity contribution in [2.45, 2.75) is 0 Å². The SMILES string of the molecule is N#[N+]c1ccc(Nc2ccccc2)cc1.O=S(=O)([O-])O. The molecule has 7 nitrogen and oxygen atoms in total. The molecule has 0 saturated heterocycles. The summed E-state index contributed by atoms with van der Waals surface area (Å²) in [6.07, 6.45) is 0. The zero-order valence-electron chi connectivity index (χ0n) is 10.2. The molecule has 104 valence electrons. The molecule has 0 aliphatic rings. The highest BCUT2D eigenvalue weighted by Gasteiger charge is 2.02. The summed E-state index contributed by atoms with van der Waals surface area (Å²) < 4.78 is 32.8. The number of rotatable bonds is 2. The molecule has 0 radical (unpaired) electrons. The van der Waals surface area contributed by atoms with Crippen molar-refractivity contribution in [2.24, 2.45) is 0 Å². The van der Waals surface area contributed by atoms with Crippen molar-refractivity contribution in [1.82, 2.24) is 0 Å². The van der Waals surface area contributed by atoms with Gasteiger partial charge in [0.05, 0.1) is 0 Å². The van der Waals surface area contributed by atoms with Gasteiger partial charge in [-0.25, -0.2) is 8.42 Å². The number of anilines is 2. The number of hydrogen-bond acceptors (Lipinski definition) is 5. The average molecular weight is 293 g/mol. The van der Waals surface area contributed by atoms with Crippen LogP contribution in [0.5, 0.6) is 0 Å². The van der Waals surface area contributed by atoms with Gasteiger partial charge in [0.15, 0.2) is 4.98 Å². The van der Waals surface area contributed by atoms with Crippen molar-refractivity contribution in [3.05, 3.63) is 59.6 Å². The predicted octanol–water partition coefficient (Wildman–Crippen LogP) is 2.92. The number of nitrogens with zero attached hydrogens (tertiary/aromatic N) is 2. The third-order valence-electron chi connectivity index (χ3n) is 2.05. The Kier molecular flexibility index (Phi) is 5.61. The fraction of sp³-hybridized carbons (Fsp3) is 0. The van der Waals surface area contributed by atoms with Gasteiger partial charge in [-0.3, -0.25) is 4.55 Å². The van der Waals surface area contributed by atoms with Crippen LogP contribution in [0.1, 0.15) is 0 Å². The summed E-state index contributed by atoms with van der Waals surface area (Å²) in [6.45, 7) is 0. The molecule has 2 rings (SSSR count). The second-order valence-electron chi connectivity index (χ2n) is 3.57. The Hall–Kier alpha value is -2.47. The molecule has 0 bridgehead atoms. The summed E-state index contributed by atoms with van der Waals surface area (Å²) in [4.78, 5) is 3.09. The molecule has 0 heterocycles. The largest absolute Gasteiger partial charge is 0.726 e. The number of nitrogens with one attached hydrogen (secondary N) is 1. The van der Waals surface area contributed by atoms with Crippen molar-refractivity contribution < 1.29 is 17.5 Å². The molecule has 8 heteroatoms. The average Bonchev–Trinajstić information content (AvgIpc) is 2.39. The van der Waals surface area contributed by atoms with Crippen LogP contribution in [0, 0.1) is 5.39 Å². The first-order valence-electron chi connectivity index (χ1n) is 5.34. The lowest BCUT2D eigenvalue weighted by Crippen LogP contribution is -1.90. The molecule has 0 atom stereocenters. The van der Waals surface area contributed by atoms with E-state index in [-0.39, 0.29) is 0 Å². The Balaban J connectivity index is 0.000000347. The third-order valence-corrected chi connectivity index (χ3v) is 2.05. The van der Waals surface area contributed by atoms with E-state index >= 15 is 0 Å². The zero-order chi connectivity index (χ0) is 15.0. The van der Waals surface area contributed by atoms with Crippen LogP contribution >= 0.6 is 0 Å². The summed E-state index contributed by atoms with van der Waals surface area (Å²) in [7, 11) is -4.92. The van der Waals surface area contributed by atoms with E-state index in [0.29, 0.717) is 5.69 Å². The maximum atomic E-state index is 8.63. The Labute approximate surface area is 116 Å². The van der Waals surface area contributed by atoms with E-state index in [2.05, 4.69) is 10.3 Å². The molecule has 20 heavy (non-hydrogen) atoms. The maximum Gasteiger partial charge on any atom is 0.385 e. The van der Waals surface area contributed by atoms with Crippen LogP contribution in [0.3, 0.4) is 0 Å². The van der Waals surface area contributed by atoms with Crippen LogP contribution < -0.4 is 5.32 Å². The number of benzene rings is 2. The molecule has 0 aliphatic heterocycles. The van der Waals surface area contributed by atoms with E-state index in [4.69, 9.17) is 22.9 Å². The van der Waals surface area contributed by atoms with Gasteiger partial charge in [0.2, 0.25) is 15.8 Å². The Morgan fingerprint density at radius 1 is 1.00 bits per heavy atom. The fourth-order valence-corrected chi connectivity index (χ4v) is 1.30. The Bertz CT molecular complexity index is 671. The predicted molar refractivity (Wildman–Crippen MR) is 73.2 cm³/mol. The molecule has 0 fully saturated rings. The minimum Gasteiger partial charge on any atom is -0.726 e. The molecule has 0 saturated carbocycles. The summed E-state index contributed by atoms with van der Waals surface area (Å²) >= 11 is 0. The fourth-order valence-electron chi connectivity index (χ4n) is 1.30. The van der Waals surface area contributed by atoms with Gasteiger partial charge in [-0.1, -0.05) is 18.2 Å². The molecule has 2 aromatic carbocycles. The van der Waals surface area contributed by atoms with Gasteiger partial charge in [0.1, 0.15) is 0 Å². The quantitative estimate of drug-likeness (QED) is 0.499. The molecule has 0 amide bonds. The lowest BCUT2D eigenvalue weighted by molar-refractivity contribution is 0.366. The number of diazo groups is 1. The highest BCUT2D eigenvalue weighted by Crippen LogP contribution is 2.19. The molecule has 2 N–H and O–H groups in total. The van der Waals surface area contributed by atoms with Crippen molar-refractivity contribution in [2.75, 3.05) is 5.32 Å². The van der Waals surface area contributed by atoms with E-state index in [9.17, 15) is 0 Å². The molecular weight excluding hydrogens is 282 g/mol. The van der Waals surface area contributed by atoms with Crippen molar-refractivity contribution in [3.8, 4) is 0 Å². The van der Waals surface area contributed by atoms with Crippen LogP contribution in [0.15, 0.2) is 54.6 Å². The first-order chi connectivity index (χ1) is 9.38. The molecule has 0 unspecified atom stereocenters. The highest BCUT2D eigenvalue weighted by atomic mass is 32.3. The first-order valence-corrected chi connectivity index (χ1v) is 6.70. The van der Waals surface area contributed by atoms with E-state index < -0.39 is 10.4 Å². The molecule has 0 aliphatic carbocycles. The van der Waals surface area contributed by atoms with Crippen molar-refractivity contribution in [3.63, 3.8) is 0 Å². The summed E-state index contributed by atoms with van der Waals surface area (Å²) in [5.41, 5.74) is 2.55. The van der Waals surface area contributed by atoms with Crippen molar-refractivity contribution >= 4 is 27.5 Å². The summed E-state index contributed by atoms with van der Waals surface area (Å²) in [6, 6.07) is 17.1. The molecule has 0 spiro atoms. The lowest BCUT2D eigenvalue weighted by Gasteiger charge is -2.04. The van der Waals surface area contributed by atoms with Gasteiger partial charge < -0.3 is 9.87 Å². The summed E-state index contributed by atoms with van der Waals surface area (Å²) in [5.74, 6) is 0. The van der Waals surface area contributed by atoms with Gasteiger partial charge >= 0.3 is 5.69 Å². The van der Waals surface area contributed by atoms with E-state index in [1.54, 1.807) is 12.1 Å². The smallest absolute Gasteiger partial charge is 0.385 e. The minimum absolute atomic E-state index is 0.550. The normalized spacial score (nSPS) is 9.85. The third kappa shape index (κ3) is 7.07. The maximum absolute atomic E-state index is 8.63.